The monoisotopic (exact) mass is 332 g/mol. The molecular weight excluding hydrogens is 304 g/mol. The summed E-state index contributed by atoms with van der Waals surface area (Å²) in [5.41, 5.74) is 0. The van der Waals surface area contributed by atoms with E-state index in [2.05, 4.69) is 27.6 Å². The highest BCUT2D eigenvalue weighted by Crippen LogP contribution is 2.30. The molecule has 2 aliphatic rings. The van der Waals surface area contributed by atoms with Crippen molar-refractivity contribution in [3.8, 4) is 11.5 Å². The van der Waals surface area contributed by atoms with Crippen LogP contribution in [0.5, 0.6) is 11.5 Å². The first kappa shape index (κ1) is 16.9. The lowest BCUT2D eigenvalue weighted by atomic mass is 9.99. The summed E-state index contributed by atoms with van der Waals surface area (Å²) >= 11 is 0. The molecule has 1 aromatic carbocycles. The highest BCUT2D eigenvalue weighted by molar-refractivity contribution is 5.79. The Morgan fingerprint density at radius 2 is 2.04 bits per heavy atom. The van der Waals surface area contributed by atoms with Crippen LogP contribution < -0.4 is 20.1 Å². The summed E-state index contributed by atoms with van der Waals surface area (Å²) in [6, 6.07) is 7.78. The Morgan fingerprint density at radius 1 is 1.25 bits per heavy atom. The van der Waals surface area contributed by atoms with Gasteiger partial charge in [0.05, 0.1) is 6.54 Å². The molecule has 2 heterocycles. The normalized spacial score (nSPS) is 24.5. The fourth-order valence-electron chi connectivity index (χ4n) is 3.28. The predicted octanol–water partition coefficient (Wildman–Crippen LogP) is 1.33. The number of nitrogens with one attached hydrogen (secondary N) is 2. The zero-order valence-electron chi connectivity index (χ0n) is 14.6. The van der Waals surface area contributed by atoms with E-state index in [0.717, 1.165) is 30.5 Å². The second kappa shape index (κ2) is 8.24. The molecule has 0 saturated carbocycles. The van der Waals surface area contributed by atoms with Crippen molar-refractivity contribution >= 4 is 5.96 Å². The molecule has 1 fully saturated rings. The van der Waals surface area contributed by atoms with Crippen LogP contribution in [-0.2, 0) is 0 Å². The molecular formula is C18H28N4O2. The highest BCUT2D eigenvalue weighted by atomic mass is 16.6. The standard InChI is InChI=1S/C18H28N4O2/c1-19-18(20-10-14-6-5-9-22(2)12-14)21-11-15-13-23-16-7-3-4-8-17(16)24-15/h3-4,7-8,14-15H,5-6,9-13H2,1-2H3,(H2,19,20,21). The van der Waals surface area contributed by atoms with Gasteiger partial charge in [0.1, 0.15) is 12.7 Å². The lowest BCUT2D eigenvalue weighted by Gasteiger charge is -2.30. The van der Waals surface area contributed by atoms with Gasteiger partial charge in [0.25, 0.3) is 0 Å². The molecule has 0 bridgehead atoms. The second-order valence-electron chi connectivity index (χ2n) is 6.60. The van der Waals surface area contributed by atoms with Crippen molar-refractivity contribution in [2.24, 2.45) is 10.9 Å². The Hall–Kier alpha value is -1.95. The topological polar surface area (TPSA) is 58.1 Å². The minimum absolute atomic E-state index is 0.0146. The molecule has 6 nitrogen and oxygen atoms in total. The molecule has 1 aromatic rings. The largest absolute Gasteiger partial charge is 0.486 e. The molecule has 0 amide bonds. The van der Waals surface area contributed by atoms with Gasteiger partial charge in [0, 0.05) is 20.1 Å². The van der Waals surface area contributed by atoms with Gasteiger partial charge in [-0.3, -0.25) is 4.99 Å². The van der Waals surface area contributed by atoms with Gasteiger partial charge in [-0.25, -0.2) is 0 Å². The summed E-state index contributed by atoms with van der Waals surface area (Å²) in [6.07, 6.45) is 2.55. The molecule has 0 aliphatic carbocycles. The van der Waals surface area contributed by atoms with E-state index in [1.54, 1.807) is 7.05 Å². The van der Waals surface area contributed by atoms with Crippen molar-refractivity contribution in [2.45, 2.75) is 18.9 Å². The molecule has 2 atom stereocenters. The Morgan fingerprint density at radius 3 is 2.83 bits per heavy atom. The van der Waals surface area contributed by atoms with Gasteiger partial charge < -0.3 is 25.0 Å². The van der Waals surface area contributed by atoms with Gasteiger partial charge in [-0.1, -0.05) is 12.1 Å². The maximum absolute atomic E-state index is 5.96. The van der Waals surface area contributed by atoms with Gasteiger partial charge in [0.15, 0.2) is 17.5 Å². The highest BCUT2D eigenvalue weighted by Gasteiger charge is 2.21. The number of hydrogen-bond donors (Lipinski definition) is 2. The number of para-hydroxylation sites is 2. The Kier molecular flexibility index (Phi) is 5.80. The number of nitrogens with zero attached hydrogens (tertiary/aromatic N) is 2. The van der Waals surface area contributed by atoms with Crippen LogP contribution in [-0.4, -0.2) is 63.8 Å². The van der Waals surface area contributed by atoms with E-state index >= 15 is 0 Å². The van der Waals surface area contributed by atoms with Crippen LogP contribution in [0.1, 0.15) is 12.8 Å². The number of likely N-dealkylation sites (tertiary alicyclic amines) is 1. The Balaban J connectivity index is 1.42. The average molecular weight is 332 g/mol. The number of hydrogen-bond acceptors (Lipinski definition) is 4. The molecule has 0 radical (unpaired) electrons. The first-order valence-electron chi connectivity index (χ1n) is 8.76. The van der Waals surface area contributed by atoms with Crippen LogP contribution >= 0.6 is 0 Å². The molecule has 2 unspecified atom stereocenters. The lowest BCUT2D eigenvalue weighted by Crippen LogP contribution is -2.47. The molecule has 1 saturated heterocycles. The molecule has 0 spiro atoms. The number of ether oxygens (including phenoxy) is 2. The zero-order chi connectivity index (χ0) is 16.8. The summed E-state index contributed by atoms with van der Waals surface area (Å²) in [4.78, 5) is 6.70. The second-order valence-corrected chi connectivity index (χ2v) is 6.60. The van der Waals surface area contributed by atoms with Crippen molar-refractivity contribution in [3.05, 3.63) is 24.3 Å². The minimum Gasteiger partial charge on any atom is -0.486 e. The number of rotatable bonds is 4. The third-order valence-electron chi connectivity index (χ3n) is 4.57. The van der Waals surface area contributed by atoms with Crippen LogP contribution in [0.2, 0.25) is 0 Å². The van der Waals surface area contributed by atoms with E-state index in [1.165, 1.54) is 19.4 Å². The van der Waals surface area contributed by atoms with Crippen LogP contribution in [0.15, 0.2) is 29.3 Å². The van der Waals surface area contributed by atoms with E-state index in [4.69, 9.17) is 9.47 Å². The quantitative estimate of drug-likeness (QED) is 0.644. The fourth-order valence-corrected chi connectivity index (χ4v) is 3.28. The molecule has 2 aliphatic heterocycles. The van der Waals surface area contributed by atoms with Crippen molar-refractivity contribution in [3.63, 3.8) is 0 Å². The van der Waals surface area contributed by atoms with E-state index in [9.17, 15) is 0 Å². The van der Waals surface area contributed by atoms with Crippen molar-refractivity contribution in [1.29, 1.82) is 0 Å². The first-order valence-corrected chi connectivity index (χ1v) is 8.76. The summed E-state index contributed by atoms with van der Waals surface area (Å²) in [5.74, 6) is 3.13. The zero-order valence-corrected chi connectivity index (χ0v) is 14.6. The first-order chi connectivity index (χ1) is 11.7. The van der Waals surface area contributed by atoms with E-state index in [1.807, 2.05) is 24.3 Å². The molecule has 2 N–H and O–H groups in total. The van der Waals surface area contributed by atoms with E-state index in [0.29, 0.717) is 19.1 Å². The third-order valence-corrected chi connectivity index (χ3v) is 4.57. The molecule has 132 valence electrons. The molecule has 3 rings (SSSR count). The van der Waals surface area contributed by atoms with Gasteiger partial charge in [0.2, 0.25) is 0 Å². The lowest BCUT2D eigenvalue weighted by molar-refractivity contribution is 0.0936. The smallest absolute Gasteiger partial charge is 0.191 e. The molecule has 0 aromatic heterocycles. The summed E-state index contributed by atoms with van der Waals surface area (Å²) in [5, 5.41) is 6.78. The van der Waals surface area contributed by atoms with Crippen LogP contribution in [0.3, 0.4) is 0 Å². The van der Waals surface area contributed by atoms with Crippen LogP contribution in [0.4, 0.5) is 0 Å². The predicted molar refractivity (Wildman–Crippen MR) is 95.9 cm³/mol. The number of aliphatic imine (C=N–C) groups is 1. The van der Waals surface area contributed by atoms with Gasteiger partial charge in [-0.05, 0) is 44.5 Å². The maximum atomic E-state index is 5.96. The number of guanidine groups is 1. The van der Waals surface area contributed by atoms with Crippen molar-refractivity contribution in [1.82, 2.24) is 15.5 Å². The van der Waals surface area contributed by atoms with Crippen LogP contribution in [0, 0.1) is 5.92 Å². The number of benzene rings is 1. The maximum Gasteiger partial charge on any atom is 0.191 e. The Labute approximate surface area is 144 Å². The van der Waals surface area contributed by atoms with Gasteiger partial charge in [-0.2, -0.15) is 0 Å². The van der Waals surface area contributed by atoms with E-state index < -0.39 is 0 Å². The minimum atomic E-state index is -0.0146. The van der Waals surface area contributed by atoms with Gasteiger partial charge >= 0.3 is 0 Å². The fraction of sp³-hybridized carbons (Fsp3) is 0.611. The van der Waals surface area contributed by atoms with Crippen molar-refractivity contribution < 1.29 is 9.47 Å². The van der Waals surface area contributed by atoms with E-state index in [-0.39, 0.29) is 6.10 Å². The van der Waals surface area contributed by atoms with Gasteiger partial charge in [-0.15, -0.1) is 0 Å². The summed E-state index contributed by atoms with van der Waals surface area (Å²) in [7, 11) is 3.99. The summed E-state index contributed by atoms with van der Waals surface area (Å²) in [6.45, 7) is 4.53. The molecule has 24 heavy (non-hydrogen) atoms. The van der Waals surface area contributed by atoms with Crippen LogP contribution in [0.25, 0.3) is 0 Å². The number of piperidine rings is 1. The van der Waals surface area contributed by atoms with Crippen molar-refractivity contribution in [2.75, 3.05) is 46.9 Å². The summed E-state index contributed by atoms with van der Waals surface area (Å²) < 4.78 is 11.7. The SMILES string of the molecule is CN=C(NCC1CCCN(C)C1)NCC1COc2ccccc2O1. The molecule has 6 heteroatoms. The third kappa shape index (κ3) is 4.54. The number of fused-ring (bicyclic) bond motifs is 1. The average Bonchev–Trinajstić information content (AvgIpc) is 2.62. The Bertz CT molecular complexity index is 564.